The minimum atomic E-state index is 0. The quantitative estimate of drug-likeness (QED) is 0.691. The molecule has 2 fully saturated rings. The van der Waals surface area contributed by atoms with Crippen LogP contribution in [-0.2, 0) is 11.2 Å². The zero-order valence-corrected chi connectivity index (χ0v) is 18.6. The molecule has 2 saturated heterocycles. The van der Waals surface area contributed by atoms with Crippen molar-refractivity contribution in [1.82, 2.24) is 15.6 Å². The van der Waals surface area contributed by atoms with Gasteiger partial charge in [-0.3, -0.25) is 4.79 Å². The van der Waals surface area contributed by atoms with E-state index in [1.165, 1.54) is 17.7 Å². The normalized spacial score (nSPS) is 22.8. The number of thiazole rings is 1. The lowest BCUT2D eigenvalue weighted by atomic mass is 9.89. The summed E-state index contributed by atoms with van der Waals surface area (Å²) in [5.74, 6) is 0.758. The molecule has 2 N–H and O–H groups in total. The van der Waals surface area contributed by atoms with Crippen molar-refractivity contribution >= 4 is 42.1 Å². The summed E-state index contributed by atoms with van der Waals surface area (Å²) >= 11 is 1.73. The van der Waals surface area contributed by atoms with Crippen molar-refractivity contribution in [2.24, 2.45) is 5.92 Å². The number of fused-ring (bicyclic) bond motifs is 2. The molecule has 2 unspecified atom stereocenters. The van der Waals surface area contributed by atoms with Gasteiger partial charge in [0.05, 0.1) is 10.7 Å². The second-order valence-corrected chi connectivity index (χ2v) is 8.95. The zero-order chi connectivity index (χ0) is 17.9. The van der Waals surface area contributed by atoms with Gasteiger partial charge >= 0.3 is 0 Å². The fourth-order valence-corrected chi connectivity index (χ4v) is 5.36. The average molecular weight is 442 g/mol. The molecule has 0 aliphatic carbocycles. The number of benzene rings is 1. The molecule has 2 atom stereocenters. The number of carbonyl (C=O) groups excluding carboxylic acids is 1. The lowest BCUT2D eigenvalue weighted by Crippen LogP contribution is -2.39. The summed E-state index contributed by atoms with van der Waals surface area (Å²) in [5, 5.41) is 7.84. The van der Waals surface area contributed by atoms with Gasteiger partial charge in [0, 0.05) is 41.9 Å². The average Bonchev–Trinajstić information content (AvgIpc) is 3.17. The fourth-order valence-electron chi connectivity index (χ4n) is 4.41. The van der Waals surface area contributed by atoms with E-state index < -0.39 is 0 Å². The van der Waals surface area contributed by atoms with E-state index in [1.807, 2.05) is 18.2 Å². The van der Waals surface area contributed by atoms with Gasteiger partial charge in [-0.25, -0.2) is 4.98 Å². The number of aryl methyl sites for hydroxylation is 1. The molecule has 2 aliphatic rings. The van der Waals surface area contributed by atoms with Crippen LogP contribution in [0.2, 0.25) is 0 Å². The van der Waals surface area contributed by atoms with Crippen LogP contribution in [0.3, 0.4) is 0 Å². The highest BCUT2D eigenvalue weighted by atomic mass is 35.5. The van der Waals surface area contributed by atoms with Crippen molar-refractivity contribution in [3.63, 3.8) is 0 Å². The Morgan fingerprint density at radius 3 is 2.54 bits per heavy atom. The molecule has 154 valence electrons. The van der Waals surface area contributed by atoms with Crippen molar-refractivity contribution in [2.75, 3.05) is 6.54 Å². The number of aromatic nitrogens is 1. The van der Waals surface area contributed by atoms with Gasteiger partial charge in [-0.2, -0.15) is 0 Å². The standard InChI is InChI=1S/C21H27N3OS.2ClH/c1-14-21(16-5-3-2-4-6-16)24-20(26-14)9-10-22-19(25)13-15-11-17-7-8-18(12-15)23-17;;/h2-6,15,17-18,23H,7-13H2,1H3,(H,22,25);2*1H. The Bertz CT molecular complexity index is 756. The van der Waals surface area contributed by atoms with E-state index in [-0.39, 0.29) is 30.7 Å². The predicted octanol–water partition coefficient (Wildman–Crippen LogP) is 4.54. The molecule has 2 bridgehead atoms. The predicted molar refractivity (Wildman–Crippen MR) is 121 cm³/mol. The Hall–Kier alpha value is -1.14. The van der Waals surface area contributed by atoms with Crippen LogP contribution in [0.5, 0.6) is 0 Å². The van der Waals surface area contributed by atoms with Gasteiger partial charge in [0.25, 0.3) is 0 Å². The summed E-state index contributed by atoms with van der Waals surface area (Å²) in [6.07, 6.45) is 6.39. The maximum absolute atomic E-state index is 12.3. The monoisotopic (exact) mass is 441 g/mol. The first-order valence-electron chi connectivity index (χ1n) is 9.72. The minimum absolute atomic E-state index is 0. The van der Waals surface area contributed by atoms with Crippen LogP contribution in [0.1, 0.15) is 42.0 Å². The molecule has 1 aromatic heterocycles. The topological polar surface area (TPSA) is 54.0 Å². The van der Waals surface area contributed by atoms with E-state index in [2.05, 4.69) is 29.7 Å². The summed E-state index contributed by atoms with van der Waals surface area (Å²) in [4.78, 5) is 18.3. The molecule has 0 radical (unpaired) electrons. The lowest BCUT2D eigenvalue weighted by molar-refractivity contribution is -0.122. The summed E-state index contributed by atoms with van der Waals surface area (Å²) in [6.45, 7) is 2.80. The first-order valence-corrected chi connectivity index (χ1v) is 10.5. The summed E-state index contributed by atoms with van der Waals surface area (Å²) < 4.78 is 0. The SMILES string of the molecule is Cc1sc(CCNC(=O)CC2CC3CCC(C2)N3)nc1-c1ccccc1.Cl.Cl. The van der Waals surface area contributed by atoms with Crippen LogP contribution >= 0.6 is 36.2 Å². The number of hydrogen-bond donors (Lipinski definition) is 2. The zero-order valence-electron chi connectivity index (χ0n) is 16.1. The van der Waals surface area contributed by atoms with Gasteiger partial charge in [-0.05, 0) is 38.5 Å². The van der Waals surface area contributed by atoms with E-state index in [1.54, 1.807) is 11.3 Å². The third kappa shape index (κ3) is 5.69. The molecule has 3 heterocycles. The first kappa shape index (κ1) is 23.1. The molecule has 0 spiro atoms. The van der Waals surface area contributed by atoms with Gasteiger partial charge < -0.3 is 10.6 Å². The third-order valence-corrected chi connectivity index (χ3v) is 6.62. The summed E-state index contributed by atoms with van der Waals surface area (Å²) in [6, 6.07) is 11.6. The van der Waals surface area contributed by atoms with Crippen molar-refractivity contribution < 1.29 is 4.79 Å². The first-order chi connectivity index (χ1) is 12.7. The van der Waals surface area contributed by atoms with Gasteiger partial charge in [-0.15, -0.1) is 36.2 Å². The molecule has 1 amide bonds. The van der Waals surface area contributed by atoms with Crippen LogP contribution < -0.4 is 10.6 Å². The second kappa shape index (κ2) is 10.6. The number of rotatable bonds is 6. The van der Waals surface area contributed by atoms with Crippen LogP contribution in [0.25, 0.3) is 11.3 Å². The molecule has 7 heteroatoms. The minimum Gasteiger partial charge on any atom is -0.356 e. The van der Waals surface area contributed by atoms with E-state index in [0.29, 0.717) is 31.0 Å². The molecule has 1 aromatic carbocycles. The number of carbonyl (C=O) groups is 1. The van der Waals surface area contributed by atoms with Crippen LogP contribution in [0.15, 0.2) is 30.3 Å². The molecule has 28 heavy (non-hydrogen) atoms. The Morgan fingerprint density at radius 2 is 1.86 bits per heavy atom. The Morgan fingerprint density at radius 1 is 1.18 bits per heavy atom. The molecular weight excluding hydrogens is 413 g/mol. The number of nitrogens with zero attached hydrogens (tertiary/aromatic N) is 1. The third-order valence-electron chi connectivity index (χ3n) is 5.59. The molecule has 2 aliphatic heterocycles. The van der Waals surface area contributed by atoms with E-state index in [4.69, 9.17) is 4.98 Å². The maximum Gasteiger partial charge on any atom is 0.220 e. The number of amides is 1. The van der Waals surface area contributed by atoms with Gasteiger partial charge in [-0.1, -0.05) is 30.3 Å². The molecule has 0 saturated carbocycles. The lowest BCUT2D eigenvalue weighted by Gasteiger charge is -2.28. The Kier molecular flexibility index (Phi) is 8.75. The maximum atomic E-state index is 12.3. The van der Waals surface area contributed by atoms with Crippen molar-refractivity contribution in [2.45, 2.75) is 57.5 Å². The number of piperidine rings is 1. The highest BCUT2D eigenvalue weighted by Gasteiger charge is 2.34. The second-order valence-electron chi connectivity index (χ2n) is 7.66. The highest BCUT2D eigenvalue weighted by Crippen LogP contribution is 2.32. The number of hydrogen-bond acceptors (Lipinski definition) is 4. The van der Waals surface area contributed by atoms with Crippen molar-refractivity contribution in [3.05, 3.63) is 40.2 Å². The Labute approximate surface area is 183 Å². The largest absolute Gasteiger partial charge is 0.356 e. The van der Waals surface area contributed by atoms with Crippen molar-refractivity contribution in [3.8, 4) is 11.3 Å². The number of halogens is 2. The van der Waals surface area contributed by atoms with Crippen LogP contribution in [0.4, 0.5) is 0 Å². The van der Waals surface area contributed by atoms with Gasteiger partial charge in [0.15, 0.2) is 0 Å². The Balaban J connectivity index is 0.00000140. The summed E-state index contributed by atoms with van der Waals surface area (Å²) in [7, 11) is 0. The molecule has 4 nitrogen and oxygen atoms in total. The van der Waals surface area contributed by atoms with E-state index in [0.717, 1.165) is 35.5 Å². The van der Waals surface area contributed by atoms with E-state index in [9.17, 15) is 4.79 Å². The van der Waals surface area contributed by atoms with Crippen molar-refractivity contribution in [1.29, 1.82) is 0 Å². The van der Waals surface area contributed by atoms with Gasteiger partial charge in [0.2, 0.25) is 5.91 Å². The highest BCUT2D eigenvalue weighted by molar-refractivity contribution is 7.12. The van der Waals surface area contributed by atoms with Crippen LogP contribution in [-0.4, -0.2) is 29.5 Å². The smallest absolute Gasteiger partial charge is 0.220 e. The fraction of sp³-hybridized carbons (Fsp3) is 0.524. The van der Waals surface area contributed by atoms with E-state index >= 15 is 0 Å². The molecule has 2 aromatic rings. The molecule has 4 rings (SSSR count). The van der Waals surface area contributed by atoms with Gasteiger partial charge in [0.1, 0.15) is 0 Å². The summed E-state index contributed by atoms with van der Waals surface area (Å²) in [5.41, 5.74) is 2.24. The number of nitrogens with one attached hydrogen (secondary N) is 2. The molecular formula is C21H29Cl2N3OS. The van der Waals surface area contributed by atoms with Crippen LogP contribution in [0, 0.1) is 12.8 Å².